The van der Waals surface area contributed by atoms with Gasteiger partial charge in [0.2, 0.25) is 0 Å². The summed E-state index contributed by atoms with van der Waals surface area (Å²) in [6, 6.07) is 3.80. The summed E-state index contributed by atoms with van der Waals surface area (Å²) in [5.41, 5.74) is 0.413. The van der Waals surface area contributed by atoms with Gasteiger partial charge in [-0.2, -0.15) is 0 Å². The highest BCUT2D eigenvalue weighted by molar-refractivity contribution is 6.61. The highest BCUT2D eigenvalue weighted by Crippen LogP contribution is 2.36. The summed E-state index contributed by atoms with van der Waals surface area (Å²) in [6.45, 7) is 7.99. The molecule has 5 nitrogen and oxygen atoms in total. The zero-order valence-electron chi connectivity index (χ0n) is 13.0. The van der Waals surface area contributed by atoms with E-state index in [4.69, 9.17) is 9.31 Å². The molecule has 1 aromatic heterocycles. The zero-order valence-corrected chi connectivity index (χ0v) is 13.0. The standard InChI is InChI=1S/C15H21BN2O3/c1-14(2)15(3,4)21-16(20-14)12-9-10(7-8-17-12)13(19)18-11-5-6-11/h7-9,11H,5-6H2,1-4H3,(H,18,19). The van der Waals surface area contributed by atoms with Gasteiger partial charge >= 0.3 is 7.12 Å². The predicted molar refractivity (Wildman–Crippen MR) is 80.4 cm³/mol. The molecule has 3 rings (SSSR count). The monoisotopic (exact) mass is 288 g/mol. The molecule has 0 unspecified atom stereocenters. The van der Waals surface area contributed by atoms with Crippen LogP contribution < -0.4 is 10.9 Å². The third kappa shape index (κ3) is 2.83. The molecule has 0 spiro atoms. The molecule has 1 saturated heterocycles. The Bertz CT molecular complexity index is 554. The van der Waals surface area contributed by atoms with E-state index in [1.807, 2.05) is 27.7 Å². The van der Waals surface area contributed by atoms with E-state index in [2.05, 4.69) is 10.3 Å². The molecular formula is C15H21BN2O3. The van der Waals surface area contributed by atoms with Gasteiger partial charge in [0, 0.05) is 17.8 Å². The van der Waals surface area contributed by atoms with E-state index in [9.17, 15) is 4.79 Å². The molecule has 1 N–H and O–H groups in total. The van der Waals surface area contributed by atoms with Crippen molar-refractivity contribution in [1.29, 1.82) is 0 Å². The molecule has 2 heterocycles. The Morgan fingerprint density at radius 3 is 2.48 bits per heavy atom. The first-order valence-electron chi connectivity index (χ1n) is 7.41. The Kier molecular flexibility index (Phi) is 3.33. The van der Waals surface area contributed by atoms with Gasteiger partial charge in [-0.1, -0.05) is 0 Å². The average molecular weight is 288 g/mol. The number of nitrogens with one attached hydrogen (secondary N) is 1. The Hall–Kier alpha value is -1.40. The second kappa shape index (κ2) is 4.82. The fourth-order valence-corrected chi connectivity index (χ4v) is 2.18. The van der Waals surface area contributed by atoms with Crippen LogP contribution >= 0.6 is 0 Å². The Morgan fingerprint density at radius 1 is 1.29 bits per heavy atom. The first-order chi connectivity index (χ1) is 9.78. The molecule has 1 aromatic rings. The van der Waals surface area contributed by atoms with E-state index in [-0.39, 0.29) is 5.91 Å². The highest BCUT2D eigenvalue weighted by atomic mass is 16.7. The number of carbonyl (C=O) groups is 1. The van der Waals surface area contributed by atoms with Crippen molar-refractivity contribution in [3.8, 4) is 0 Å². The van der Waals surface area contributed by atoms with Crippen molar-refractivity contribution in [2.24, 2.45) is 0 Å². The van der Waals surface area contributed by atoms with Gasteiger partial charge < -0.3 is 14.6 Å². The van der Waals surface area contributed by atoms with Crippen LogP contribution in [0.1, 0.15) is 50.9 Å². The molecule has 21 heavy (non-hydrogen) atoms. The first-order valence-corrected chi connectivity index (χ1v) is 7.41. The van der Waals surface area contributed by atoms with Crippen molar-refractivity contribution in [2.75, 3.05) is 0 Å². The summed E-state index contributed by atoms with van der Waals surface area (Å²) in [4.78, 5) is 16.4. The van der Waals surface area contributed by atoms with E-state index >= 15 is 0 Å². The fourth-order valence-electron chi connectivity index (χ4n) is 2.18. The number of hydrogen-bond acceptors (Lipinski definition) is 4. The summed E-state index contributed by atoms with van der Waals surface area (Å²) in [7, 11) is -0.538. The molecule has 1 amide bonds. The molecule has 112 valence electrons. The summed E-state index contributed by atoms with van der Waals surface area (Å²) in [5.74, 6) is -0.0577. The van der Waals surface area contributed by atoms with Gasteiger partial charge in [-0.15, -0.1) is 0 Å². The lowest BCUT2D eigenvalue weighted by Crippen LogP contribution is -2.41. The van der Waals surface area contributed by atoms with Crippen molar-refractivity contribution in [3.63, 3.8) is 0 Å². The summed E-state index contributed by atoms with van der Waals surface area (Å²) in [5, 5.41) is 2.97. The Labute approximate surface area is 125 Å². The summed E-state index contributed by atoms with van der Waals surface area (Å²) in [6.07, 6.45) is 3.77. The lowest BCUT2D eigenvalue weighted by molar-refractivity contribution is 0.00578. The molecule has 0 aromatic carbocycles. The minimum atomic E-state index is -0.538. The van der Waals surface area contributed by atoms with Gasteiger partial charge in [-0.3, -0.25) is 9.78 Å². The number of pyridine rings is 1. The molecular weight excluding hydrogens is 267 g/mol. The van der Waals surface area contributed by atoms with Gasteiger partial charge in [-0.05, 0) is 52.7 Å². The molecule has 2 aliphatic rings. The van der Waals surface area contributed by atoms with Crippen LogP contribution in [0, 0.1) is 0 Å². The second-order valence-electron chi connectivity index (χ2n) is 6.81. The Morgan fingerprint density at radius 2 is 1.90 bits per heavy atom. The maximum absolute atomic E-state index is 12.1. The van der Waals surface area contributed by atoms with Gasteiger partial charge in [0.15, 0.2) is 0 Å². The van der Waals surface area contributed by atoms with Crippen LogP contribution in [0.25, 0.3) is 0 Å². The molecule has 6 heteroatoms. The minimum absolute atomic E-state index is 0.0577. The molecule has 0 atom stereocenters. The number of aromatic nitrogens is 1. The fraction of sp³-hybridized carbons (Fsp3) is 0.600. The number of hydrogen-bond donors (Lipinski definition) is 1. The number of rotatable bonds is 3. The van der Waals surface area contributed by atoms with Gasteiger partial charge in [-0.25, -0.2) is 0 Å². The maximum Gasteiger partial charge on any atom is 0.514 e. The first kappa shape index (κ1) is 14.5. The lowest BCUT2D eigenvalue weighted by Gasteiger charge is -2.32. The van der Waals surface area contributed by atoms with Gasteiger partial charge in [0.05, 0.1) is 16.8 Å². The molecule has 1 aliphatic heterocycles. The van der Waals surface area contributed by atoms with Gasteiger partial charge in [0.25, 0.3) is 5.91 Å². The summed E-state index contributed by atoms with van der Waals surface area (Å²) < 4.78 is 11.9. The quantitative estimate of drug-likeness (QED) is 0.851. The van der Waals surface area contributed by atoms with Crippen LogP contribution in [0.5, 0.6) is 0 Å². The van der Waals surface area contributed by atoms with Crippen molar-refractivity contribution >= 4 is 18.6 Å². The molecule has 0 radical (unpaired) electrons. The van der Waals surface area contributed by atoms with Crippen LogP contribution in [-0.2, 0) is 9.31 Å². The normalized spacial score (nSPS) is 23.1. The molecule has 2 fully saturated rings. The lowest BCUT2D eigenvalue weighted by atomic mass is 9.83. The van der Waals surface area contributed by atoms with Crippen molar-refractivity contribution in [2.45, 2.75) is 57.8 Å². The number of nitrogens with zero attached hydrogens (tertiary/aromatic N) is 1. The second-order valence-corrected chi connectivity index (χ2v) is 6.81. The smallest absolute Gasteiger partial charge is 0.398 e. The van der Waals surface area contributed by atoms with E-state index in [0.29, 0.717) is 17.2 Å². The highest BCUT2D eigenvalue weighted by Gasteiger charge is 2.52. The number of carbonyl (C=O) groups excluding carboxylic acids is 1. The van der Waals surface area contributed by atoms with Crippen LogP contribution in [0.2, 0.25) is 0 Å². The average Bonchev–Trinajstić information content (AvgIpc) is 3.17. The van der Waals surface area contributed by atoms with Crippen LogP contribution in [-0.4, -0.2) is 35.3 Å². The van der Waals surface area contributed by atoms with E-state index in [1.54, 1.807) is 18.3 Å². The van der Waals surface area contributed by atoms with E-state index < -0.39 is 18.3 Å². The maximum atomic E-state index is 12.1. The number of amides is 1. The van der Waals surface area contributed by atoms with Crippen LogP contribution in [0.4, 0.5) is 0 Å². The Balaban J connectivity index is 1.79. The predicted octanol–water partition coefficient (Wildman–Crippen LogP) is 1.27. The topological polar surface area (TPSA) is 60.5 Å². The minimum Gasteiger partial charge on any atom is -0.398 e. The van der Waals surface area contributed by atoms with Crippen LogP contribution in [0.3, 0.4) is 0 Å². The molecule has 1 saturated carbocycles. The molecule has 0 bridgehead atoms. The molecule has 1 aliphatic carbocycles. The third-order valence-corrected chi connectivity index (χ3v) is 4.45. The van der Waals surface area contributed by atoms with Crippen molar-refractivity contribution in [1.82, 2.24) is 10.3 Å². The van der Waals surface area contributed by atoms with Crippen molar-refractivity contribution in [3.05, 3.63) is 23.9 Å². The van der Waals surface area contributed by atoms with Crippen molar-refractivity contribution < 1.29 is 14.1 Å². The third-order valence-electron chi connectivity index (χ3n) is 4.45. The van der Waals surface area contributed by atoms with Gasteiger partial charge in [0.1, 0.15) is 0 Å². The SMILES string of the molecule is CC1(C)OB(c2cc(C(=O)NC3CC3)ccn2)OC1(C)C. The largest absolute Gasteiger partial charge is 0.514 e. The van der Waals surface area contributed by atoms with E-state index in [1.165, 1.54) is 0 Å². The zero-order chi connectivity index (χ0) is 15.3. The van der Waals surface area contributed by atoms with E-state index in [0.717, 1.165) is 12.8 Å². The summed E-state index contributed by atoms with van der Waals surface area (Å²) >= 11 is 0. The van der Waals surface area contributed by atoms with Crippen LogP contribution in [0.15, 0.2) is 18.3 Å².